The summed E-state index contributed by atoms with van der Waals surface area (Å²) in [5.74, 6) is -1.64. The van der Waals surface area contributed by atoms with E-state index in [0.717, 1.165) is 4.90 Å². The summed E-state index contributed by atoms with van der Waals surface area (Å²) in [6, 6.07) is 3.73. The number of para-hydroxylation sites is 1. The molecule has 1 aliphatic heterocycles. The highest BCUT2D eigenvalue weighted by Crippen LogP contribution is 2.36. The van der Waals surface area contributed by atoms with Crippen molar-refractivity contribution in [3.63, 3.8) is 0 Å². The maximum atomic E-state index is 11.8. The lowest BCUT2D eigenvalue weighted by atomic mass is 10.1. The van der Waals surface area contributed by atoms with E-state index in [1.165, 1.54) is 18.2 Å². The number of rotatable bonds is 3. The van der Waals surface area contributed by atoms with Gasteiger partial charge in [0.2, 0.25) is 5.91 Å². The maximum Gasteiger partial charge on any atom is 0.338 e. The second-order valence-electron chi connectivity index (χ2n) is 4.04. The number of carboxylic acids is 1. The molecule has 1 amide bonds. The van der Waals surface area contributed by atoms with E-state index in [1.54, 1.807) is 0 Å². The van der Waals surface area contributed by atoms with Gasteiger partial charge in [0, 0.05) is 23.9 Å². The first-order valence-corrected chi connectivity index (χ1v) is 6.28. The predicted octanol–water partition coefficient (Wildman–Crippen LogP) is 1.79. The zero-order valence-corrected chi connectivity index (χ0v) is 11.2. The topological polar surface area (TPSA) is 101 Å². The van der Waals surface area contributed by atoms with Crippen LogP contribution in [0.1, 0.15) is 16.8 Å². The summed E-state index contributed by atoms with van der Waals surface area (Å²) >= 11 is 3.26. The number of carboxylic acid groups (broad SMARTS) is 1. The van der Waals surface area contributed by atoms with Crippen LogP contribution < -0.4 is 4.90 Å². The highest BCUT2D eigenvalue weighted by Gasteiger charge is 2.36. The molecule has 1 aliphatic rings. The van der Waals surface area contributed by atoms with Crippen molar-refractivity contribution in [3.8, 4) is 0 Å². The van der Waals surface area contributed by atoms with Crippen LogP contribution in [0.3, 0.4) is 0 Å². The molecule has 1 fully saturated rings. The van der Waals surface area contributed by atoms with Gasteiger partial charge in [-0.15, -0.1) is 0 Å². The molecular weight excluding hydrogens is 320 g/mol. The SMILES string of the molecule is O=C(O)c1cccc([N+](=O)[O-])c1N1CC(Br)CC1=O. The van der Waals surface area contributed by atoms with Gasteiger partial charge in [-0.05, 0) is 6.07 Å². The molecule has 0 aliphatic carbocycles. The van der Waals surface area contributed by atoms with Crippen LogP contribution in [0.2, 0.25) is 0 Å². The summed E-state index contributed by atoms with van der Waals surface area (Å²) in [6.45, 7) is 0.212. The largest absolute Gasteiger partial charge is 0.478 e. The third-order valence-corrected chi connectivity index (χ3v) is 3.40. The van der Waals surface area contributed by atoms with Crippen LogP contribution in [0, 0.1) is 10.1 Å². The number of halogens is 1. The Balaban J connectivity index is 2.62. The Morgan fingerprint density at radius 1 is 1.53 bits per heavy atom. The molecule has 1 atom stereocenters. The average Bonchev–Trinajstić information content (AvgIpc) is 2.67. The smallest absolute Gasteiger partial charge is 0.338 e. The summed E-state index contributed by atoms with van der Waals surface area (Å²) in [6.07, 6.45) is 0.186. The van der Waals surface area contributed by atoms with Crippen molar-refractivity contribution in [2.45, 2.75) is 11.2 Å². The van der Waals surface area contributed by atoms with Crippen LogP contribution >= 0.6 is 15.9 Å². The average molecular weight is 329 g/mol. The molecule has 1 aromatic rings. The van der Waals surface area contributed by atoms with E-state index in [2.05, 4.69) is 15.9 Å². The van der Waals surface area contributed by atoms with Gasteiger partial charge in [-0.25, -0.2) is 4.79 Å². The maximum absolute atomic E-state index is 11.8. The van der Waals surface area contributed by atoms with Gasteiger partial charge in [0.1, 0.15) is 5.69 Å². The number of anilines is 1. The number of nitrogens with zero attached hydrogens (tertiary/aromatic N) is 2. The molecule has 8 heteroatoms. The van der Waals surface area contributed by atoms with Gasteiger partial charge in [0.05, 0.1) is 10.5 Å². The Morgan fingerprint density at radius 2 is 2.21 bits per heavy atom. The van der Waals surface area contributed by atoms with Crippen LogP contribution in [0.15, 0.2) is 18.2 Å². The van der Waals surface area contributed by atoms with E-state index in [4.69, 9.17) is 5.11 Å². The summed E-state index contributed by atoms with van der Waals surface area (Å²) < 4.78 is 0. The quantitative estimate of drug-likeness (QED) is 0.518. The summed E-state index contributed by atoms with van der Waals surface area (Å²) in [5.41, 5.74) is -0.772. The molecule has 100 valence electrons. The van der Waals surface area contributed by atoms with E-state index in [-0.39, 0.29) is 40.6 Å². The van der Waals surface area contributed by atoms with Crippen molar-refractivity contribution in [1.82, 2.24) is 0 Å². The van der Waals surface area contributed by atoms with Gasteiger partial charge in [-0.2, -0.15) is 0 Å². The van der Waals surface area contributed by atoms with Gasteiger partial charge in [0.25, 0.3) is 5.69 Å². The van der Waals surface area contributed by atoms with Gasteiger partial charge in [-0.1, -0.05) is 22.0 Å². The lowest BCUT2D eigenvalue weighted by Gasteiger charge is -2.18. The summed E-state index contributed by atoms with van der Waals surface area (Å²) in [7, 11) is 0. The number of carbonyl (C=O) groups is 2. The van der Waals surface area contributed by atoms with Crippen molar-refractivity contribution in [2.75, 3.05) is 11.4 Å². The number of amides is 1. The zero-order chi connectivity index (χ0) is 14.2. The number of nitro groups is 1. The fourth-order valence-corrected chi connectivity index (χ4v) is 2.58. The minimum atomic E-state index is -1.30. The number of nitro benzene ring substituents is 1. The third-order valence-electron chi connectivity index (χ3n) is 2.79. The molecule has 1 heterocycles. The first-order valence-electron chi connectivity index (χ1n) is 5.37. The van der Waals surface area contributed by atoms with Crippen molar-refractivity contribution in [1.29, 1.82) is 0 Å². The van der Waals surface area contributed by atoms with Crippen LogP contribution in [0.25, 0.3) is 0 Å². The van der Waals surface area contributed by atoms with E-state index >= 15 is 0 Å². The number of benzene rings is 1. The molecular formula is C11H9BrN2O5. The Hall–Kier alpha value is -1.96. The number of alkyl halides is 1. The fraction of sp³-hybridized carbons (Fsp3) is 0.273. The molecule has 7 nitrogen and oxygen atoms in total. The van der Waals surface area contributed by atoms with Crippen LogP contribution in [-0.2, 0) is 4.79 Å². The molecule has 19 heavy (non-hydrogen) atoms. The van der Waals surface area contributed by atoms with E-state index < -0.39 is 10.9 Å². The first kappa shape index (κ1) is 13.5. The number of aromatic carboxylic acids is 1. The Morgan fingerprint density at radius 3 is 2.68 bits per heavy atom. The number of hydrogen-bond donors (Lipinski definition) is 1. The Labute approximate surface area is 116 Å². The van der Waals surface area contributed by atoms with Gasteiger partial charge in [-0.3, -0.25) is 14.9 Å². The van der Waals surface area contributed by atoms with Gasteiger partial charge in [0.15, 0.2) is 0 Å². The van der Waals surface area contributed by atoms with Crippen molar-refractivity contribution in [3.05, 3.63) is 33.9 Å². The van der Waals surface area contributed by atoms with Crippen LogP contribution in [-0.4, -0.2) is 33.3 Å². The molecule has 0 spiro atoms. The highest BCUT2D eigenvalue weighted by atomic mass is 79.9. The lowest BCUT2D eigenvalue weighted by molar-refractivity contribution is -0.384. The van der Waals surface area contributed by atoms with Gasteiger partial charge >= 0.3 is 5.97 Å². The van der Waals surface area contributed by atoms with Crippen molar-refractivity contribution in [2.24, 2.45) is 0 Å². The first-order chi connectivity index (χ1) is 8.91. The summed E-state index contributed by atoms with van der Waals surface area (Å²) in [4.78, 5) is 34.3. The van der Waals surface area contributed by atoms with Crippen molar-refractivity contribution < 1.29 is 19.6 Å². The lowest BCUT2D eigenvalue weighted by Crippen LogP contribution is -2.27. The number of carbonyl (C=O) groups excluding carboxylic acids is 1. The van der Waals surface area contributed by atoms with Crippen molar-refractivity contribution >= 4 is 39.2 Å². The Bertz CT molecular complexity index is 542. The third kappa shape index (κ3) is 2.43. The molecule has 0 saturated carbocycles. The molecule has 1 saturated heterocycles. The normalized spacial score (nSPS) is 18.7. The highest BCUT2D eigenvalue weighted by molar-refractivity contribution is 9.09. The predicted molar refractivity (Wildman–Crippen MR) is 69.7 cm³/mol. The molecule has 0 radical (unpaired) electrons. The van der Waals surface area contributed by atoms with Gasteiger partial charge < -0.3 is 10.0 Å². The standard InChI is InChI=1S/C11H9BrN2O5/c12-6-4-9(15)13(5-6)10-7(11(16)17)2-1-3-8(10)14(18)19/h1-3,6H,4-5H2,(H,16,17). The monoisotopic (exact) mass is 328 g/mol. The zero-order valence-electron chi connectivity index (χ0n) is 9.58. The molecule has 2 rings (SSSR count). The summed E-state index contributed by atoms with van der Waals surface area (Å²) in [5, 5.41) is 20.1. The molecule has 1 unspecified atom stereocenters. The Kier molecular flexibility index (Phi) is 3.52. The second kappa shape index (κ2) is 4.96. The minimum Gasteiger partial charge on any atom is -0.478 e. The van der Waals surface area contributed by atoms with Crippen LogP contribution in [0.5, 0.6) is 0 Å². The molecule has 1 aromatic carbocycles. The molecule has 0 aromatic heterocycles. The molecule has 0 bridgehead atoms. The molecule has 1 N–H and O–H groups in total. The fourth-order valence-electron chi connectivity index (χ4n) is 2.02. The van der Waals surface area contributed by atoms with E-state index in [0.29, 0.717) is 0 Å². The van der Waals surface area contributed by atoms with E-state index in [1.807, 2.05) is 0 Å². The second-order valence-corrected chi connectivity index (χ2v) is 5.34. The minimum absolute atomic E-state index is 0.138. The van der Waals surface area contributed by atoms with Crippen LogP contribution in [0.4, 0.5) is 11.4 Å². The number of hydrogen-bond acceptors (Lipinski definition) is 4. The van der Waals surface area contributed by atoms with E-state index in [9.17, 15) is 19.7 Å².